The van der Waals surface area contributed by atoms with Crippen molar-refractivity contribution in [1.29, 1.82) is 0 Å². The van der Waals surface area contributed by atoms with Gasteiger partial charge in [0.15, 0.2) is 0 Å². The second kappa shape index (κ2) is 3.86. The van der Waals surface area contributed by atoms with Crippen LogP contribution in [0.15, 0.2) is 12.3 Å². The molecule has 0 amide bonds. The fraction of sp³-hybridized carbons (Fsp3) is 0.444. The standard InChI is InChI=1S/C9H10F3NO/c1-3-6-4-7(9(10,11)12)8(14-2)13-5-6/h4-5H,3H2,1-2H3. The van der Waals surface area contributed by atoms with E-state index >= 15 is 0 Å². The molecule has 0 fully saturated rings. The minimum Gasteiger partial charge on any atom is -0.481 e. The molecule has 2 nitrogen and oxygen atoms in total. The van der Waals surface area contributed by atoms with Gasteiger partial charge in [0.25, 0.3) is 0 Å². The quantitative estimate of drug-likeness (QED) is 0.740. The van der Waals surface area contributed by atoms with Crippen LogP contribution in [0.3, 0.4) is 0 Å². The van der Waals surface area contributed by atoms with Crippen molar-refractivity contribution in [3.63, 3.8) is 0 Å². The highest BCUT2D eigenvalue weighted by molar-refractivity contribution is 5.32. The third-order valence-electron chi connectivity index (χ3n) is 1.81. The van der Waals surface area contributed by atoms with Crippen LogP contribution in [0.25, 0.3) is 0 Å². The molecular weight excluding hydrogens is 195 g/mol. The molecule has 0 spiro atoms. The summed E-state index contributed by atoms with van der Waals surface area (Å²) in [5.41, 5.74) is -0.280. The number of pyridine rings is 1. The zero-order valence-electron chi connectivity index (χ0n) is 7.85. The Bertz CT molecular complexity index is 322. The Kier molecular flexibility index (Phi) is 2.98. The fourth-order valence-corrected chi connectivity index (χ4v) is 1.05. The summed E-state index contributed by atoms with van der Waals surface area (Å²) in [7, 11) is 1.17. The van der Waals surface area contributed by atoms with E-state index in [2.05, 4.69) is 9.72 Å². The summed E-state index contributed by atoms with van der Waals surface area (Å²) in [6.07, 6.45) is -2.52. The Labute approximate surface area is 79.7 Å². The summed E-state index contributed by atoms with van der Waals surface area (Å²) in [5.74, 6) is -0.380. The van der Waals surface area contributed by atoms with Crippen LogP contribution in [0.4, 0.5) is 13.2 Å². The van der Waals surface area contributed by atoms with Gasteiger partial charge in [0.2, 0.25) is 5.88 Å². The van der Waals surface area contributed by atoms with E-state index in [9.17, 15) is 13.2 Å². The SMILES string of the molecule is CCc1cnc(OC)c(C(F)(F)F)c1. The predicted octanol–water partition coefficient (Wildman–Crippen LogP) is 2.67. The zero-order valence-corrected chi connectivity index (χ0v) is 7.85. The van der Waals surface area contributed by atoms with Gasteiger partial charge in [-0.3, -0.25) is 0 Å². The second-order valence-electron chi connectivity index (χ2n) is 2.75. The number of rotatable bonds is 2. The van der Waals surface area contributed by atoms with Crippen molar-refractivity contribution >= 4 is 0 Å². The zero-order chi connectivity index (χ0) is 10.8. The van der Waals surface area contributed by atoms with Crippen molar-refractivity contribution in [1.82, 2.24) is 4.98 Å². The molecule has 14 heavy (non-hydrogen) atoms. The average Bonchev–Trinajstić information content (AvgIpc) is 2.15. The molecular formula is C9H10F3NO. The highest BCUT2D eigenvalue weighted by Gasteiger charge is 2.35. The van der Waals surface area contributed by atoms with Gasteiger partial charge in [-0.1, -0.05) is 6.92 Å². The van der Waals surface area contributed by atoms with Gasteiger partial charge in [0, 0.05) is 6.20 Å². The van der Waals surface area contributed by atoms with E-state index in [0.29, 0.717) is 12.0 Å². The van der Waals surface area contributed by atoms with Crippen LogP contribution < -0.4 is 4.74 Å². The Balaban J connectivity index is 3.22. The topological polar surface area (TPSA) is 22.1 Å². The van der Waals surface area contributed by atoms with Crippen molar-refractivity contribution in [3.05, 3.63) is 23.4 Å². The van der Waals surface area contributed by atoms with Gasteiger partial charge in [-0.05, 0) is 18.1 Å². The monoisotopic (exact) mass is 205 g/mol. The smallest absolute Gasteiger partial charge is 0.421 e. The van der Waals surface area contributed by atoms with Crippen LogP contribution in [0.5, 0.6) is 5.88 Å². The number of methoxy groups -OCH3 is 1. The van der Waals surface area contributed by atoms with Gasteiger partial charge in [0.1, 0.15) is 5.56 Å². The number of aryl methyl sites for hydroxylation is 1. The summed E-state index contributed by atoms with van der Waals surface area (Å²) in [5, 5.41) is 0. The van der Waals surface area contributed by atoms with Gasteiger partial charge in [-0.2, -0.15) is 13.2 Å². The molecule has 78 valence electrons. The summed E-state index contributed by atoms with van der Waals surface area (Å²) in [4.78, 5) is 3.59. The second-order valence-corrected chi connectivity index (χ2v) is 2.75. The normalized spacial score (nSPS) is 11.5. The van der Waals surface area contributed by atoms with Crippen molar-refractivity contribution in [2.24, 2.45) is 0 Å². The predicted molar refractivity (Wildman–Crippen MR) is 45.2 cm³/mol. The number of aromatic nitrogens is 1. The van der Waals surface area contributed by atoms with Crippen LogP contribution in [0.2, 0.25) is 0 Å². The van der Waals surface area contributed by atoms with Crippen molar-refractivity contribution in [2.75, 3.05) is 7.11 Å². The van der Waals surface area contributed by atoms with Gasteiger partial charge >= 0.3 is 6.18 Å². The van der Waals surface area contributed by atoms with E-state index in [1.54, 1.807) is 6.92 Å². The summed E-state index contributed by atoms with van der Waals surface area (Å²) in [6, 6.07) is 1.06. The highest BCUT2D eigenvalue weighted by atomic mass is 19.4. The molecule has 0 atom stereocenters. The molecule has 0 aliphatic heterocycles. The van der Waals surface area contributed by atoms with Gasteiger partial charge < -0.3 is 4.74 Å². The lowest BCUT2D eigenvalue weighted by Crippen LogP contribution is -2.09. The third-order valence-corrected chi connectivity index (χ3v) is 1.81. The lowest BCUT2D eigenvalue weighted by molar-refractivity contribution is -0.139. The first-order chi connectivity index (χ1) is 6.49. The Morgan fingerprint density at radius 2 is 2.07 bits per heavy atom. The van der Waals surface area contributed by atoms with Crippen LogP contribution >= 0.6 is 0 Å². The van der Waals surface area contributed by atoms with Gasteiger partial charge in [0.05, 0.1) is 7.11 Å². The molecule has 1 heterocycles. The van der Waals surface area contributed by atoms with Crippen molar-refractivity contribution in [2.45, 2.75) is 19.5 Å². The van der Waals surface area contributed by atoms with Crippen LogP contribution in [0.1, 0.15) is 18.1 Å². The van der Waals surface area contributed by atoms with Crippen molar-refractivity contribution < 1.29 is 17.9 Å². The summed E-state index contributed by atoms with van der Waals surface area (Å²) >= 11 is 0. The lowest BCUT2D eigenvalue weighted by atomic mass is 10.1. The number of halogens is 3. The molecule has 0 radical (unpaired) electrons. The molecule has 0 saturated carbocycles. The van der Waals surface area contributed by atoms with E-state index in [0.717, 1.165) is 6.07 Å². The van der Waals surface area contributed by atoms with Gasteiger partial charge in [-0.15, -0.1) is 0 Å². The van der Waals surface area contributed by atoms with Gasteiger partial charge in [-0.25, -0.2) is 4.98 Å². The van der Waals surface area contributed by atoms with Crippen LogP contribution in [-0.2, 0) is 12.6 Å². The number of ether oxygens (including phenoxy) is 1. The molecule has 0 saturated heterocycles. The Morgan fingerprint density at radius 1 is 1.43 bits per heavy atom. The van der Waals surface area contributed by atoms with Crippen molar-refractivity contribution in [3.8, 4) is 5.88 Å². The minimum atomic E-state index is -4.41. The maximum atomic E-state index is 12.4. The number of hydrogen-bond donors (Lipinski definition) is 0. The average molecular weight is 205 g/mol. The molecule has 1 aromatic rings. The third kappa shape index (κ3) is 2.16. The fourth-order valence-electron chi connectivity index (χ4n) is 1.05. The molecule has 0 aliphatic rings. The minimum absolute atomic E-state index is 0.380. The van der Waals surface area contributed by atoms with E-state index in [1.807, 2.05) is 0 Å². The number of alkyl halides is 3. The molecule has 0 aliphatic carbocycles. The van der Waals surface area contributed by atoms with Crippen LogP contribution in [-0.4, -0.2) is 12.1 Å². The Hall–Kier alpha value is -1.26. The molecule has 0 unspecified atom stereocenters. The summed E-state index contributed by atoms with van der Waals surface area (Å²) < 4.78 is 41.8. The van der Waals surface area contributed by atoms with E-state index in [1.165, 1.54) is 13.3 Å². The maximum Gasteiger partial charge on any atom is 0.421 e. The molecule has 0 bridgehead atoms. The van der Waals surface area contributed by atoms with E-state index < -0.39 is 11.7 Å². The molecule has 0 aromatic carbocycles. The summed E-state index contributed by atoms with van der Waals surface area (Å²) in [6.45, 7) is 1.77. The molecule has 5 heteroatoms. The molecule has 0 N–H and O–H groups in total. The van der Waals surface area contributed by atoms with E-state index in [4.69, 9.17) is 0 Å². The highest BCUT2D eigenvalue weighted by Crippen LogP contribution is 2.35. The molecule has 1 rings (SSSR count). The van der Waals surface area contributed by atoms with Crippen LogP contribution in [0, 0.1) is 0 Å². The first-order valence-corrected chi connectivity index (χ1v) is 4.09. The maximum absolute atomic E-state index is 12.4. The lowest BCUT2D eigenvalue weighted by Gasteiger charge is -2.11. The number of hydrogen-bond acceptors (Lipinski definition) is 2. The number of nitrogens with zero attached hydrogens (tertiary/aromatic N) is 1. The first kappa shape index (κ1) is 10.8. The van der Waals surface area contributed by atoms with E-state index in [-0.39, 0.29) is 5.88 Å². The Morgan fingerprint density at radius 3 is 2.50 bits per heavy atom. The first-order valence-electron chi connectivity index (χ1n) is 4.09. The largest absolute Gasteiger partial charge is 0.481 e. The molecule has 1 aromatic heterocycles.